The van der Waals surface area contributed by atoms with Gasteiger partial charge in [0.25, 0.3) is 0 Å². The van der Waals surface area contributed by atoms with Gasteiger partial charge in [-0.3, -0.25) is 0 Å². The number of rotatable bonds is 3. The molecule has 2 N–H and O–H groups in total. The number of nitrogens with one attached hydrogen (secondary N) is 1. The summed E-state index contributed by atoms with van der Waals surface area (Å²) in [7, 11) is 1.34. The molecule has 132 valence electrons. The Hall–Kier alpha value is -3.78. The lowest BCUT2D eigenvalue weighted by atomic mass is 9.99. The molecule has 27 heavy (non-hydrogen) atoms. The Morgan fingerprint density at radius 3 is 2.74 bits per heavy atom. The average molecular weight is 356 g/mol. The molecule has 0 unspecified atom stereocenters. The predicted molar refractivity (Wildman–Crippen MR) is 103 cm³/mol. The molecule has 5 heteroatoms. The summed E-state index contributed by atoms with van der Waals surface area (Å²) in [6, 6.07) is 18.4. The molecule has 0 amide bonds. The first-order valence-corrected chi connectivity index (χ1v) is 8.45. The molecule has 4 aromatic rings. The molecule has 0 spiro atoms. The van der Waals surface area contributed by atoms with E-state index in [9.17, 15) is 9.90 Å². The minimum Gasteiger partial charge on any atom is -0.507 e. The van der Waals surface area contributed by atoms with Crippen molar-refractivity contribution in [3.05, 3.63) is 76.9 Å². The van der Waals surface area contributed by atoms with Crippen LogP contribution in [0.3, 0.4) is 0 Å². The van der Waals surface area contributed by atoms with Crippen LogP contribution in [-0.2, 0) is 11.2 Å². The maximum absolute atomic E-state index is 12.2. The molecule has 0 fully saturated rings. The molecular formula is C22H16N2O3. The van der Waals surface area contributed by atoms with E-state index >= 15 is 0 Å². The molecule has 0 aliphatic heterocycles. The highest BCUT2D eigenvalue weighted by atomic mass is 16.5. The average Bonchev–Trinajstić information content (AvgIpc) is 3.10. The summed E-state index contributed by atoms with van der Waals surface area (Å²) in [4.78, 5) is 15.5. The standard InChI is InChI=1S/C22H16N2O3/c1-27-22(26)16-6-3-7-17-19(16)20-18(25)9-8-15(21(20)24-17)11-13-4-2-5-14(10-13)12-23/h2-10,24-25H,11H2,1H3. The molecule has 1 aromatic heterocycles. The predicted octanol–water partition coefficient (Wildman–Crippen LogP) is 4.28. The first kappa shape index (κ1) is 16.7. The summed E-state index contributed by atoms with van der Waals surface area (Å²) >= 11 is 0. The zero-order chi connectivity index (χ0) is 19.0. The SMILES string of the molecule is COC(=O)c1cccc2[nH]c3c(Cc4cccc(C#N)c4)ccc(O)c3c12. The number of nitrogens with zero attached hydrogens (tertiary/aromatic N) is 1. The second kappa shape index (κ2) is 6.50. The third-order valence-electron chi connectivity index (χ3n) is 4.70. The third-order valence-corrected chi connectivity index (χ3v) is 4.70. The molecule has 1 heterocycles. The van der Waals surface area contributed by atoms with Crippen LogP contribution in [0.4, 0.5) is 0 Å². The first-order valence-electron chi connectivity index (χ1n) is 8.45. The van der Waals surface area contributed by atoms with Gasteiger partial charge in [0.1, 0.15) is 5.75 Å². The third kappa shape index (κ3) is 2.77. The second-order valence-corrected chi connectivity index (χ2v) is 6.33. The Labute approximate surface area is 155 Å². The molecule has 0 atom stereocenters. The number of phenols is 1. The number of esters is 1. The minimum atomic E-state index is -0.451. The van der Waals surface area contributed by atoms with E-state index in [1.807, 2.05) is 30.3 Å². The lowest BCUT2D eigenvalue weighted by molar-refractivity contribution is 0.0603. The number of ether oxygens (including phenoxy) is 1. The number of hydrogen-bond donors (Lipinski definition) is 2. The van der Waals surface area contributed by atoms with Crippen molar-refractivity contribution < 1.29 is 14.6 Å². The van der Waals surface area contributed by atoms with Gasteiger partial charge < -0.3 is 14.8 Å². The van der Waals surface area contributed by atoms with Crippen LogP contribution < -0.4 is 0 Å². The molecule has 3 aromatic carbocycles. The van der Waals surface area contributed by atoms with E-state index in [1.54, 1.807) is 24.3 Å². The second-order valence-electron chi connectivity index (χ2n) is 6.33. The van der Waals surface area contributed by atoms with E-state index in [1.165, 1.54) is 7.11 Å². The number of nitriles is 1. The molecule has 0 bridgehead atoms. The number of carbonyl (C=O) groups excluding carboxylic acids is 1. The molecule has 0 saturated heterocycles. The topological polar surface area (TPSA) is 86.1 Å². The smallest absolute Gasteiger partial charge is 0.338 e. The summed E-state index contributed by atoms with van der Waals surface area (Å²) in [6.07, 6.45) is 0.590. The highest BCUT2D eigenvalue weighted by Gasteiger charge is 2.19. The first-order chi connectivity index (χ1) is 13.1. The van der Waals surface area contributed by atoms with E-state index in [-0.39, 0.29) is 5.75 Å². The maximum atomic E-state index is 12.2. The van der Waals surface area contributed by atoms with Crippen molar-refractivity contribution in [1.82, 2.24) is 4.98 Å². The van der Waals surface area contributed by atoms with Gasteiger partial charge in [0.05, 0.1) is 35.2 Å². The van der Waals surface area contributed by atoms with Crippen LogP contribution >= 0.6 is 0 Å². The van der Waals surface area contributed by atoms with Gasteiger partial charge in [0.15, 0.2) is 0 Å². The number of phenolic OH excluding ortho intramolecular Hbond substituents is 1. The van der Waals surface area contributed by atoms with Crippen LogP contribution in [0.25, 0.3) is 21.8 Å². The number of benzene rings is 3. The quantitative estimate of drug-likeness (QED) is 0.537. The number of aromatic amines is 1. The molecule has 5 nitrogen and oxygen atoms in total. The number of carbonyl (C=O) groups is 1. The van der Waals surface area contributed by atoms with Gasteiger partial charge in [-0.1, -0.05) is 24.3 Å². The van der Waals surface area contributed by atoms with Crippen LogP contribution in [-0.4, -0.2) is 23.2 Å². The molecular weight excluding hydrogens is 340 g/mol. The summed E-state index contributed by atoms with van der Waals surface area (Å²) in [5, 5.41) is 20.8. The van der Waals surface area contributed by atoms with E-state index < -0.39 is 5.97 Å². The molecule has 0 saturated carbocycles. The fourth-order valence-electron chi connectivity index (χ4n) is 3.49. The number of fused-ring (bicyclic) bond motifs is 3. The Balaban J connectivity index is 1.95. The molecule has 0 aliphatic carbocycles. The number of methoxy groups -OCH3 is 1. The Morgan fingerprint density at radius 2 is 1.96 bits per heavy atom. The number of hydrogen-bond acceptors (Lipinski definition) is 4. The zero-order valence-electron chi connectivity index (χ0n) is 14.6. The number of aromatic hydroxyl groups is 1. The van der Waals surface area contributed by atoms with E-state index in [2.05, 4.69) is 11.1 Å². The zero-order valence-corrected chi connectivity index (χ0v) is 14.6. The summed E-state index contributed by atoms with van der Waals surface area (Å²) in [5.41, 5.74) is 4.48. The van der Waals surface area contributed by atoms with Gasteiger partial charge in [-0.15, -0.1) is 0 Å². The minimum absolute atomic E-state index is 0.0992. The van der Waals surface area contributed by atoms with Gasteiger partial charge >= 0.3 is 5.97 Å². The van der Waals surface area contributed by atoms with E-state index in [4.69, 9.17) is 10.00 Å². The number of H-pyrrole nitrogens is 1. The Bertz CT molecular complexity index is 1230. The Kier molecular flexibility index (Phi) is 4.02. The fraction of sp³-hybridized carbons (Fsp3) is 0.0909. The highest BCUT2D eigenvalue weighted by molar-refractivity contribution is 6.19. The summed E-state index contributed by atoms with van der Waals surface area (Å²) in [5.74, 6) is -0.352. The van der Waals surface area contributed by atoms with Gasteiger partial charge in [0.2, 0.25) is 0 Å². The van der Waals surface area contributed by atoms with Gasteiger partial charge in [0, 0.05) is 10.9 Å². The monoisotopic (exact) mass is 356 g/mol. The van der Waals surface area contributed by atoms with Crippen LogP contribution in [0, 0.1) is 11.3 Å². The van der Waals surface area contributed by atoms with Crippen molar-refractivity contribution in [1.29, 1.82) is 5.26 Å². The van der Waals surface area contributed by atoms with Crippen molar-refractivity contribution in [2.75, 3.05) is 7.11 Å². The Morgan fingerprint density at radius 1 is 1.15 bits per heavy atom. The highest BCUT2D eigenvalue weighted by Crippen LogP contribution is 2.37. The van der Waals surface area contributed by atoms with Crippen LogP contribution in [0.2, 0.25) is 0 Å². The van der Waals surface area contributed by atoms with Gasteiger partial charge in [-0.25, -0.2) is 4.79 Å². The van der Waals surface area contributed by atoms with Crippen molar-refractivity contribution in [3.63, 3.8) is 0 Å². The lowest BCUT2D eigenvalue weighted by Gasteiger charge is -2.07. The van der Waals surface area contributed by atoms with Crippen LogP contribution in [0.5, 0.6) is 5.75 Å². The summed E-state index contributed by atoms with van der Waals surface area (Å²) < 4.78 is 4.89. The fourth-order valence-corrected chi connectivity index (χ4v) is 3.49. The lowest BCUT2D eigenvalue weighted by Crippen LogP contribution is -2.01. The van der Waals surface area contributed by atoms with E-state index in [0.29, 0.717) is 28.3 Å². The molecule has 0 radical (unpaired) electrons. The van der Waals surface area contributed by atoms with Gasteiger partial charge in [-0.05, 0) is 47.9 Å². The molecule has 4 rings (SSSR count). The van der Waals surface area contributed by atoms with Crippen molar-refractivity contribution in [2.24, 2.45) is 0 Å². The van der Waals surface area contributed by atoms with Crippen LogP contribution in [0.15, 0.2) is 54.6 Å². The van der Waals surface area contributed by atoms with Crippen molar-refractivity contribution >= 4 is 27.8 Å². The normalized spacial score (nSPS) is 10.8. The molecule has 0 aliphatic rings. The van der Waals surface area contributed by atoms with E-state index in [0.717, 1.165) is 22.2 Å². The van der Waals surface area contributed by atoms with Gasteiger partial charge in [-0.2, -0.15) is 5.26 Å². The van der Waals surface area contributed by atoms with Crippen molar-refractivity contribution in [3.8, 4) is 11.8 Å². The maximum Gasteiger partial charge on any atom is 0.338 e. The van der Waals surface area contributed by atoms with Crippen LogP contribution in [0.1, 0.15) is 27.0 Å². The number of aromatic nitrogens is 1. The summed E-state index contributed by atoms with van der Waals surface area (Å²) in [6.45, 7) is 0. The largest absolute Gasteiger partial charge is 0.507 e. The van der Waals surface area contributed by atoms with Crippen molar-refractivity contribution in [2.45, 2.75) is 6.42 Å².